The Morgan fingerprint density at radius 2 is 2.04 bits per heavy atom. The van der Waals surface area contributed by atoms with Crippen molar-refractivity contribution in [3.05, 3.63) is 59.7 Å². The van der Waals surface area contributed by atoms with E-state index in [2.05, 4.69) is 0 Å². The average molecular weight is 382 g/mol. The molecule has 0 aromatic heterocycles. The van der Waals surface area contributed by atoms with Crippen molar-refractivity contribution in [2.24, 2.45) is 0 Å². The van der Waals surface area contributed by atoms with Crippen molar-refractivity contribution < 1.29 is 24.2 Å². The van der Waals surface area contributed by atoms with Crippen LogP contribution in [0.25, 0.3) is 0 Å². The number of fused-ring (bicyclic) bond motifs is 1. The zero-order valence-electron chi connectivity index (χ0n) is 15.6. The zero-order chi connectivity index (χ0) is 19.7. The van der Waals surface area contributed by atoms with Gasteiger partial charge in [0.15, 0.2) is 0 Å². The van der Waals surface area contributed by atoms with E-state index >= 15 is 0 Å². The van der Waals surface area contributed by atoms with Gasteiger partial charge in [0.2, 0.25) is 0 Å². The van der Waals surface area contributed by atoms with Crippen molar-refractivity contribution in [2.75, 3.05) is 23.0 Å². The highest BCUT2D eigenvalue weighted by Crippen LogP contribution is 2.36. The standard InChI is InChI=1S/C21H22N2O5/c1-14-9-16-10-17(22-11-18(12-24)28-20(22)25)7-8-19(16)23(14)21(26)27-13-15-5-3-2-4-6-15/h2-8,10,14,18,24H,9,11-13H2,1H3/t14-,18+/m1/s1. The third-order valence-corrected chi connectivity index (χ3v) is 5.07. The second kappa shape index (κ2) is 7.52. The van der Waals surface area contributed by atoms with Crippen LogP contribution in [0.3, 0.4) is 0 Å². The number of carbonyl (C=O) groups is 2. The summed E-state index contributed by atoms with van der Waals surface area (Å²) in [5.41, 5.74) is 3.40. The second-order valence-corrected chi connectivity index (χ2v) is 7.08. The largest absolute Gasteiger partial charge is 0.444 e. The Kier molecular flexibility index (Phi) is 4.92. The van der Waals surface area contributed by atoms with E-state index in [9.17, 15) is 14.7 Å². The fourth-order valence-electron chi connectivity index (χ4n) is 3.68. The zero-order valence-corrected chi connectivity index (χ0v) is 15.6. The molecule has 2 aliphatic rings. The highest BCUT2D eigenvalue weighted by atomic mass is 16.6. The molecule has 7 heteroatoms. The summed E-state index contributed by atoms with van der Waals surface area (Å²) in [6, 6.07) is 15.0. The van der Waals surface area contributed by atoms with Crippen LogP contribution in [0.5, 0.6) is 0 Å². The van der Waals surface area contributed by atoms with Gasteiger partial charge in [-0.3, -0.25) is 9.80 Å². The highest BCUT2D eigenvalue weighted by Gasteiger charge is 2.35. The number of aliphatic hydroxyl groups excluding tert-OH is 1. The van der Waals surface area contributed by atoms with Gasteiger partial charge in [0.25, 0.3) is 0 Å². The monoisotopic (exact) mass is 382 g/mol. The number of anilines is 2. The van der Waals surface area contributed by atoms with Gasteiger partial charge < -0.3 is 14.6 Å². The fourth-order valence-corrected chi connectivity index (χ4v) is 3.68. The first-order chi connectivity index (χ1) is 13.6. The lowest BCUT2D eigenvalue weighted by Crippen LogP contribution is -2.36. The summed E-state index contributed by atoms with van der Waals surface area (Å²) in [6.45, 7) is 2.30. The summed E-state index contributed by atoms with van der Waals surface area (Å²) >= 11 is 0. The van der Waals surface area contributed by atoms with E-state index in [1.807, 2.05) is 49.4 Å². The number of benzene rings is 2. The third kappa shape index (κ3) is 3.41. The topological polar surface area (TPSA) is 79.3 Å². The summed E-state index contributed by atoms with van der Waals surface area (Å²) in [6.07, 6.45) is -0.687. The molecule has 0 spiro atoms. The van der Waals surface area contributed by atoms with Crippen LogP contribution in [0, 0.1) is 0 Å². The minimum atomic E-state index is -0.510. The van der Waals surface area contributed by atoms with Gasteiger partial charge in [-0.15, -0.1) is 0 Å². The van der Waals surface area contributed by atoms with E-state index in [1.54, 1.807) is 11.0 Å². The number of amides is 2. The molecule has 1 fully saturated rings. The second-order valence-electron chi connectivity index (χ2n) is 7.08. The molecule has 1 N–H and O–H groups in total. The molecular formula is C21H22N2O5. The number of nitrogens with zero attached hydrogens (tertiary/aromatic N) is 2. The third-order valence-electron chi connectivity index (χ3n) is 5.07. The molecule has 0 bridgehead atoms. The van der Waals surface area contributed by atoms with E-state index in [4.69, 9.17) is 9.47 Å². The first-order valence-electron chi connectivity index (χ1n) is 9.28. The number of hydrogen-bond donors (Lipinski definition) is 1. The summed E-state index contributed by atoms with van der Waals surface area (Å²) < 4.78 is 10.6. The molecule has 4 rings (SSSR count). The maximum Gasteiger partial charge on any atom is 0.414 e. The van der Waals surface area contributed by atoms with E-state index in [0.717, 1.165) is 16.8 Å². The van der Waals surface area contributed by atoms with Crippen molar-refractivity contribution in [2.45, 2.75) is 32.1 Å². The Balaban J connectivity index is 1.49. The van der Waals surface area contributed by atoms with Crippen LogP contribution >= 0.6 is 0 Å². The van der Waals surface area contributed by atoms with Gasteiger partial charge in [-0.25, -0.2) is 9.59 Å². The molecule has 2 aromatic carbocycles. The Labute approximate surface area is 163 Å². The Hall–Kier alpha value is -3.06. The SMILES string of the molecule is C[C@@H]1Cc2cc(N3C[C@@H](CO)OC3=O)ccc2N1C(=O)OCc1ccccc1. The van der Waals surface area contributed by atoms with E-state index < -0.39 is 12.2 Å². The summed E-state index contributed by atoms with van der Waals surface area (Å²) in [5, 5.41) is 9.20. The molecule has 2 atom stereocenters. The van der Waals surface area contributed by atoms with E-state index in [1.165, 1.54) is 4.90 Å². The van der Waals surface area contributed by atoms with Gasteiger partial charge >= 0.3 is 12.2 Å². The molecule has 1 saturated heterocycles. The predicted molar refractivity (Wildman–Crippen MR) is 103 cm³/mol. The number of hydrogen-bond acceptors (Lipinski definition) is 5. The summed E-state index contributed by atoms with van der Waals surface area (Å²) in [7, 11) is 0. The van der Waals surface area contributed by atoms with Crippen LogP contribution in [0.15, 0.2) is 48.5 Å². The van der Waals surface area contributed by atoms with Crippen LogP contribution < -0.4 is 9.80 Å². The lowest BCUT2D eigenvalue weighted by Gasteiger charge is -2.22. The first-order valence-corrected chi connectivity index (χ1v) is 9.28. The van der Waals surface area contributed by atoms with E-state index in [0.29, 0.717) is 18.7 Å². The smallest absolute Gasteiger partial charge is 0.414 e. The van der Waals surface area contributed by atoms with Gasteiger partial charge in [-0.2, -0.15) is 0 Å². The minimum Gasteiger partial charge on any atom is -0.444 e. The predicted octanol–water partition coefficient (Wildman–Crippen LogP) is 3.09. The molecule has 0 saturated carbocycles. The van der Waals surface area contributed by atoms with Crippen molar-refractivity contribution in [3.8, 4) is 0 Å². The first kappa shape index (κ1) is 18.3. The minimum absolute atomic E-state index is 0.0377. The van der Waals surface area contributed by atoms with Crippen LogP contribution in [-0.2, 0) is 22.5 Å². The quantitative estimate of drug-likeness (QED) is 0.879. The van der Waals surface area contributed by atoms with Gasteiger partial charge in [0.1, 0.15) is 12.7 Å². The number of aliphatic hydroxyl groups is 1. The normalized spacial score (nSPS) is 20.9. The molecule has 0 unspecified atom stereocenters. The Morgan fingerprint density at radius 1 is 1.25 bits per heavy atom. The molecule has 0 radical (unpaired) electrons. The van der Waals surface area contributed by atoms with Crippen molar-refractivity contribution in [1.29, 1.82) is 0 Å². The number of carbonyl (C=O) groups excluding carboxylic acids is 2. The van der Waals surface area contributed by atoms with Crippen molar-refractivity contribution in [1.82, 2.24) is 0 Å². The fraction of sp³-hybridized carbons (Fsp3) is 0.333. The average Bonchev–Trinajstić information content (AvgIpc) is 3.25. The number of cyclic esters (lactones) is 1. The molecule has 2 aliphatic heterocycles. The van der Waals surface area contributed by atoms with Crippen molar-refractivity contribution in [3.63, 3.8) is 0 Å². The van der Waals surface area contributed by atoms with Crippen LogP contribution in [0.1, 0.15) is 18.1 Å². The number of rotatable bonds is 4. The Morgan fingerprint density at radius 3 is 2.75 bits per heavy atom. The van der Waals surface area contributed by atoms with Crippen molar-refractivity contribution >= 4 is 23.6 Å². The van der Waals surface area contributed by atoms with E-state index in [-0.39, 0.29) is 25.3 Å². The lowest BCUT2D eigenvalue weighted by molar-refractivity contribution is 0.0963. The maximum atomic E-state index is 12.7. The van der Waals surface area contributed by atoms with Crippen LogP contribution in [-0.4, -0.2) is 42.6 Å². The molecule has 28 heavy (non-hydrogen) atoms. The van der Waals surface area contributed by atoms with Gasteiger partial charge in [0, 0.05) is 11.7 Å². The lowest BCUT2D eigenvalue weighted by atomic mass is 10.1. The molecular weight excluding hydrogens is 360 g/mol. The van der Waals surface area contributed by atoms with Gasteiger partial charge in [-0.1, -0.05) is 30.3 Å². The van der Waals surface area contributed by atoms with Gasteiger partial charge in [-0.05, 0) is 42.7 Å². The molecule has 0 aliphatic carbocycles. The van der Waals surface area contributed by atoms with Crippen LogP contribution in [0.4, 0.5) is 21.0 Å². The maximum absolute atomic E-state index is 12.7. The molecule has 146 valence electrons. The number of ether oxygens (including phenoxy) is 2. The molecule has 2 heterocycles. The molecule has 2 aromatic rings. The Bertz CT molecular complexity index is 886. The summed E-state index contributed by atoms with van der Waals surface area (Å²) in [5.74, 6) is 0. The molecule has 7 nitrogen and oxygen atoms in total. The van der Waals surface area contributed by atoms with Gasteiger partial charge in [0.05, 0.1) is 18.8 Å². The highest BCUT2D eigenvalue weighted by molar-refractivity contribution is 5.94. The summed E-state index contributed by atoms with van der Waals surface area (Å²) in [4.78, 5) is 27.8. The van der Waals surface area contributed by atoms with Crippen LogP contribution in [0.2, 0.25) is 0 Å². The molecule has 2 amide bonds.